The summed E-state index contributed by atoms with van der Waals surface area (Å²) in [6.07, 6.45) is 3.47. The van der Waals surface area contributed by atoms with Crippen LogP contribution in [0.25, 0.3) is 22.4 Å². The van der Waals surface area contributed by atoms with Gasteiger partial charge < -0.3 is 4.98 Å². The van der Waals surface area contributed by atoms with Gasteiger partial charge in [0.25, 0.3) is 0 Å². The van der Waals surface area contributed by atoms with E-state index in [1.807, 2.05) is 36.5 Å². The number of aromatic nitrogens is 1. The van der Waals surface area contributed by atoms with Crippen molar-refractivity contribution in [3.8, 4) is 22.4 Å². The lowest BCUT2D eigenvalue weighted by Crippen LogP contribution is -2.11. The maximum Gasteiger partial charge on any atom is 0.238 e. The number of nitrogens with two attached hydrogens (primary N) is 1. The lowest BCUT2D eigenvalue weighted by Gasteiger charge is -2.07. The van der Waals surface area contributed by atoms with Crippen LogP contribution >= 0.6 is 0 Å². The molecular weight excluding hydrogens is 344 g/mol. The van der Waals surface area contributed by atoms with E-state index in [0.29, 0.717) is 0 Å². The van der Waals surface area contributed by atoms with Crippen LogP contribution in [0.15, 0.2) is 70.6 Å². The van der Waals surface area contributed by atoms with Crippen molar-refractivity contribution in [1.82, 2.24) is 4.98 Å². The monoisotopic (exact) mass is 360 g/mol. The van der Waals surface area contributed by atoms with Crippen molar-refractivity contribution >= 4 is 20.8 Å². The molecule has 3 rings (SSSR count). The Morgan fingerprint density at radius 1 is 0.917 bits per heavy atom. The molecule has 0 amide bonds. The van der Waals surface area contributed by atoms with Crippen LogP contribution in [0.1, 0.15) is 0 Å². The molecule has 0 saturated heterocycles. The SMILES string of the molecule is CS(=O)c1ccc(-c2cc[nH]c2-c2ccc(S(N)(=O)=O)cc2)cc1. The molecule has 2 aromatic carbocycles. The normalized spacial score (nSPS) is 12.9. The van der Waals surface area contributed by atoms with Crippen LogP contribution in [0.3, 0.4) is 0 Å². The summed E-state index contributed by atoms with van der Waals surface area (Å²) in [5.74, 6) is 0. The molecule has 7 heteroatoms. The second-order valence-electron chi connectivity index (χ2n) is 5.31. The summed E-state index contributed by atoms with van der Waals surface area (Å²) < 4.78 is 34.2. The molecule has 0 fully saturated rings. The zero-order valence-corrected chi connectivity index (χ0v) is 14.5. The van der Waals surface area contributed by atoms with Crippen molar-refractivity contribution in [3.63, 3.8) is 0 Å². The summed E-state index contributed by atoms with van der Waals surface area (Å²) in [4.78, 5) is 4.02. The number of benzene rings is 2. The van der Waals surface area contributed by atoms with Crippen LogP contribution < -0.4 is 5.14 Å². The lowest BCUT2D eigenvalue weighted by atomic mass is 10.0. The molecule has 5 nitrogen and oxygen atoms in total. The molecular formula is C17H16N2O3S2. The van der Waals surface area contributed by atoms with E-state index in [4.69, 9.17) is 5.14 Å². The van der Waals surface area contributed by atoms with Gasteiger partial charge in [-0.05, 0) is 41.5 Å². The van der Waals surface area contributed by atoms with Gasteiger partial charge in [0.05, 0.1) is 10.6 Å². The largest absolute Gasteiger partial charge is 0.361 e. The molecule has 1 heterocycles. The molecule has 3 aromatic rings. The zero-order valence-electron chi connectivity index (χ0n) is 12.9. The number of H-pyrrole nitrogens is 1. The Labute approximate surface area is 143 Å². The van der Waals surface area contributed by atoms with E-state index in [9.17, 15) is 12.6 Å². The van der Waals surface area contributed by atoms with E-state index in [-0.39, 0.29) is 4.90 Å². The number of rotatable bonds is 4. The molecule has 124 valence electrons. The van der Waals surface area contributed by atoms with Gasteiger partial charge in [-0.25, -0.2) is 13.6 Å². The Morgan fingerprint density at radius 2 is 1.50 bits per heavy atom. The van der Waals surface area contributed by atoms with Crippen molar-refractivity contribution in [2.75, 3.05) is 6.26 Å². The number of primary sulfonamides is 1. The lowest BCUT2D eigenvalue weighted by molar-refractivity contribution is 0.598. The predicted molar refractivity (Wildman–Crippen MR) is 95.4 cm³/mol. The van der Waals surface area contributed by atoms with Crippen LogP contribution in [0.2, 0.25) is 0 Å². The summed E-state index contributed by atoms with van der Waals surface area (Å²) in [6.45, 7) is 0. The summed E-state index contributed by atoms with van der Waals surface area (Å²) >= 11 is 0. The molecule has 3 N–H and O–H groups in total. The first-order valence-electron chi connectivity index (χ1n) is 7.11. The van der Waals surface area contributed by atoms with Gasteiger partial charge in [0, 0.05) is 33.7 Å². The fourth-order valence-electron chi connectivity index (χ4n) is 2.49. The van der Waals surface area contributed by atoms with Crippen molar-refractivity contribution in [2.24, 2.45) is 5.14 Å². The highest BCUT2D eigenvalue weighted by Crippen LogP contribution is 2.31. The number of hydrogen-bond donors (Lipinski definition) is 2. The fraction of sp³-hybridized carbons (Fsp3) is 0.0588. The van der Waals surface area contributed by atoms with Crippen LogP contribution in [0.5, 0.6) is 0 Å². The topological polar surface area (TPSA) is 93.0 Å². The molecule has 1 atom stereocenters. The average Bonchev–Trinajstić information content (AvgIpc) is 3.04. The quantitative estimate of drug-likeness (QED) is 0.749. The van der Waals surface area contributed by atoms with Crippen molar-refractivity contribution in [1.29, 1.82) is 0 Å². The van der Waals surface area contributed by atoms with Gasteiger partial charge in [0.1, 0.15) is 0 Å². The Morgan fingerprint density at radius 3 is 2.04 bits per heavy atom. The first-order chi connectivity index (χ1) is 11.4. The van der Waals surface area contributed by atoms with Crippen molar-refractivity contribution in [3.05, 3.63) is 60.8 Å². The summed E-state index contributed by atoms with van der Waals surface area (Å²) in [6, 6.07) is 15.9. The van der Waals surface area contributed by atoms with Gasteiger partial charge in [0.15, 0.2) is 0 Å². The number of sulfonamides is 1. The van der Waals surface area contributed by atoms with Crippen molar-refractivity contribution in [2.45, 2.75) is 9.79 Å². The van der Waals surface area contributed by atoms with E-state index >= 15 is 0 Å². The minimum atomic E-state index is -3.70. The maximum atomic E-state index is 11.5. The summed E-state index contributed by atoms with van der Waals surface area (Å²) in [5, 5.41) is 5.12. The van der Waals surface area contributed by atoms with Crippen LogP contribution in [-0.2, 0) is 20.8 Å². The van der Waals surface area contributed by atoms with Crippen molar-refractivity contribution < 1.29 is 12.6 Å². The smallest absolute Gasteiger partial charge is 0.238 e. The molecule has 1 unspecified atom stereocenters. The highest BCUT2D eigenvalue weighted by atomic mass is 32.2. The highest BCUT2D eigenvalue weighted by molar-refractivity contribution is 7.89. The Kier molecular flexibility index (Phi) is 4.40. The Balaban J connectivity index is 2.00. The molecule has 0 spiro atoms. The minimum Gasteiger partial charge on any atom is -0.361 e. The van der Waals surface area contributed by atoms with Gasteiger partial charge in [-0.3, -0.25) is 4.21 Å². The molecule has 1 aromatic heterocycles. The van der Waals surface area contributed by atoms with Gasteiger partial charge in [-0.1, -0.05) is 24.3 Å². The molecule has 0 aliphatic heterocycles. The standard InChI is InChI=1S/C17H16N2O3S2/c1-23(20)14-6-2-12(3-7-14)16-10-11-19-17(16)13-4-8-15(9-5-13)24(18,21)22/h2-11,19H,1H3,(H2,18,21,22). The van der Waals surface area contributed by atoms with Gasteiger partial charge >= 0.3 is 0 Å². The maximum absolute atomic E-state index is 11.5. The second kappa shape index (κ2) is 6.35. The fourth-order valence-corrected chi connectivity index (χ4v) is 3.52. The van der Waals surface area contributed by atoms with Crippen LogP contribution in [0.4, 0.5) is 0 Å². The second-order valence-corrected chi connectivity index (χ2v) is 8.26. The first kappa shape index (κ1) is 16.6. The van der Waals surface area contributed by atoms with E-state index < -0.39 is 20.8 Å². The third-order valence-electron chi connectivity index (χ3n) is 3.72. The highest BCUT2D eigenvalue weighted by Gasteiger charge is 2.11. The molecule has 0 aliphatic carbocycles. The first-order valence-corrected chi connectivity index (χ1v) is 10.2. The summed E-state index contributed by atoms with van der Waals surface area (Å²) in [7, 11) is -4.72. The third kappa shape index (κ3) is 3.33. The molecule has 0 radical (unpaired) electrons. The minimum absolute atomic E-state index is 0.0779. The predicted octanol–water partition coefficient (Wildman–Crippen LogP) is 2.73. The number of aromatic amines is 1. The zero-order chi connectivity index (χ0) is 17.3. The van der Waals surface area contributed by atoms with Gasteiger partial charge in [0.2, 0.25) is 10.0 Å². The Bertz CT molecular complexity index is 989. The molecule has 0 bridgehead atoms. The van der Waals surface area contributed by atoms with E-state index in [0.717, 1.165) is 27.3 Å². The number of hydrogen-bond acceptors (Lipinski definition) is 3. The van der Waals surface area contributed by atoms with Crippen LogP contribution in [0, 0.1) is 0 Å². The van der Waals surface area contributed by atoms with Crippen LogP contribution in [-0.4, -0.2) is 23.9 Å². The average molecular weight is 360 g/mol. The molecule has 0 aliphatic rings. The van der Waals surface area contributed by atoms with E-state index in [2.05, 4.69) is 4.98 Å². The van der Waals surface area contributed by atoms with Gasteiger partial charge in [-0.15, -0.1) is 0 Å². The van der Waals surface area contributed by atoms with E-state index in [1.54, 1.807) is 18.4 Å². The third-order valence-corrected chi connectivity index (χ3v) is 5.58. The molecule has 0 saturated carbocycles. The van der Waals surface area contributed by atoms with Gasteiger partial charge in [-0.2, -0.15) is 0 Å². The Hall–Kier alpha value is -2.22. The number of nitrogens with one attached hydrogen (secondary N) is 1. The van der Waals surface area contributed by atoms with E-state index in [1.165, 1.54) is 12.1 Å². The molecule has 24 heavy (non-hydrogen) atoms. The summed E-state index contributed by atoms with van der Waals surface area (Å²) in [5.41, 5.74) is 3.69.